The molecule has 0 saturated carbocycles. The van der Waals surface area contributed by atoms with Gasteiger partial charge >= 0.3 is 5.97 Å². The van der Waals surface area contributed by atoms with Gasteiger partial charge in [-0.3, -0.25) is 0 Å². The number of hydrogen-bond donors (Lipinski definition) is 2. The standard InChI is InChI=1S/C20H14BrClN4O3S/c1-11-5-7-12(8-6-11)30(29)26-10-9-13-17(24-20(22)25-18(13)26)23-15-4-2-3-14(21)16(15)19(27)28/h2-10H,1H3,(H,27,28)(H,23,24,25). The van der Waals surface area contributed by atoms with Gasteiger partial charge < -0.3 is 10.4 Å². The van der Waals surface area contributed by atoms with Crippen molar-refractivity contribution in [3.05, 3.63) is 75.6 Å². The van der Waals surface area contributed by atoms with Crippen molar-refractivity contribution in [1.82, 2.24) is 13.9 Å². The molecule has 0 fully saturated rings. The van der Waals surface area contributed by atoms with Gasteiger partial charge in [0.25, 0.3) is 0 Å². The monoisotopic (exact) mass is 504 g/mol. The predicted molar refractivity (Wildman–Crippen MR) is 120 cm³/mol. The molecule has 1 atom stereocenters. The van der Waals surface area contributed by atoms with Crippen LogP contribution in [-0.2, 0) is 11.0 Å². The number of carboxylic acid groups (broad SMARTS) is 1. The van der Waals surface area contributed by atoms with Crippen LogP contribution in [0.4, 0.5) is 11.5 Å². The number of carboxylic acids is 1. The summed E-state index contributed by atoms with van der Waals surface area (Å²) >= 11 is 9.38. The van der Waals surface area contributed by atoms with Crippen LogP contribution in [0.15, 0.2) is 64.1 Å². The molecular formula is C20H14BrClN4O3S. The van der Waals surface area contributed by atoms with Crippen LogP contribution in [0, 0.1) is 6.92 Å². The van der Waals surface area contributed by atoms with Crippen molar-refractivity contribution in [2.75, 3.05) is 5.32 Å². The van der Waals surface area contributed by atoms with Gasteiger partial charge in [0.05, 0.1) is 21.5 Å². The van der Waals surface area contributed by atoms with E-state index in [9.17, 15) is 14.1 Å². The Morgan fingerprint density at radius 3 is 2.60 bits per heavy atom. The Morgan fingerprint density at radius 2 is 1.90 bits per heavy atom. The molecule has 0 spiro atoms. The van der Waals surface area contributed by atoms with Crippen LogP contribution in [0.25, 0.3) is 11.0 Å². The van der Waals surface area contributed by atoms with Gasteiger partial charge in [0, 0.05) is 10.7 Å². The highest BCUT2D eigenvalue weighted by molar-refractivity contribution is 9.10. The molecule has 30 heavy (non-hydrogen) atoms. The van der Waals surface area contributed by atoms with Crippen LogP contribution in [0.1, 0.15) is 15.9 Å². The molecule has 4 aromatic rings. The Kier molecular flexibility index (Phi) is 5.59. The zero-order valence-corrected chi connectivity index (χ0v) is 18.6. The average Bonchev–Trinajstić information content (AvgIpc) is 3.11. The molecule has 7 nitrogen and oxygen atoms in total. The van der Waals surface area contributed by atoms with Gasteiger partial charge in [-0.1, -0.05) is 23.8 Å². The summed E-state index contributed by atoms with van der Waals surface area (Å²) in [7, 11) is -1.54. The van der Waals surface area contributed by atoms with Gasteiger partial charge in [-0.25, -0.2) is 13.0 Å². The van der Waals surface area contributed by atoms with Crippen molar-refractivity contribution in [3.63, 3.8) is 0 Å². The van der Waals surface area contributed by atoms with Crippen LogP contribution in [0.2, 0.25) is 5.28 Å². The number of nitrogens with zero attached hydrogens (tertiary/aromatic N) is 3. The molecule has 0 aliphatic heterocycles. The number of halogens is 2. The molecule has 2 aromatic heterocycles. The molecule has 0 radical (unpaired) electrons. The lowest BCUT2D eigenvalue weighted by atomic mass is 10.2. The zero-order chi connectivity index (χ0) is 21.4. The lowest BCUT2D eigenvalue weighted by Crippen LogP contribution is -2.07. The number of aromatic nitrogens is 3. The third kappa shape index (κ3) is 3.83. The van der Waals surface area contributed by atoms with Gasteiger partial charge in [0.1, 0.15) is 5.82 Å². The fraction of sp³-hybridized carbons (Fsp3) is 0.0500. The second-order valence-corrected chi connectivity index (χ2v) is 8.93. The Balaban J connectivity index is 1.81. The maximum absolute atomic E-state index is 13.1. The van der Waals surface area contributed by atoms with Crippen molar-refractivity contribution in [2.24, 2.45) is 0 Å². The van der Waals surface area contributed by atoms with Crippen molar-refractivity contribution in [1.29, 1.82) is 0 Å². The lowest BCUT2D eigenvalue weighted by molar-refractivity contribution is 0.0697. The van der Waals surface area contributed by atoms with E-state index >= 15 is 0 Å². The van der Waals surface area contributed by atoms with E-state index < -0.39 is 17.0 Å². The van der Waals surface area contributed by atoms with E-state index in [0.29, 0.717) is 31.9 Å². The summed E-state index contributed by atoms with van der Waals surface area (Å²) in [6.07, 6.45) is 1.63. The number of hydrogen-bond acceptors (Lipinski definition) is 5. The first-order chi connectivity index (χ1) is 14.3. The molecule has 2 aromatic carbocycles. The van der Waals surface area contributed by atoms with Crippen LogP contribution < -0.4 is 5.32 Å². The summed E-state index contributed by atoms with van der Waals surface area (Å²) < 4.78 is 15.0. The highest BCUT2D eigenvalue weighted by Crippen LogP contribution is 2.31. The largest absolute Gasteiger partial charge is 0.478 e. The molecule has 0 saturated heterocycles. The first-order valence-corrected chi connectivity index (χ1v) is 11.0. The molecular weight excluding hydrogens is 492 g/mol. The summed E-state index contributed by atoms with van der Waals surface area (Å²) in [6, 6.07) is 14.0. The third-order valence-corrected chi connectivity index (χ3v) is 6.52. The minimum absolute atomic E-state index is 0.0577. The SMILES string of the molecule is Cc1ccc(S(=O)n2ccc3c(Nc4cccc(Br)c4C(=O)O)nc(Cl)nc32)cc1. The van der Waals surface area contributed by atoms with Gasteiger partial charge in [-0.05, 0) is 64.8 Å². The molecule has 152 valence electrons. The smallest absolute Gasteiger partial charge is 0.338 e. The number of aryl methyl sites for hydroxylation is 1. The number of benzene rings is 2. The van der Waals surface area contributed by atoms with Crippen molar-refractivity contribution in [3.8, 4) is 0 Å². The average molecular weight is 506 g/mol. The maximum atomic E-state index is 13.1. The number of anilines is 2. The van der Waals surface area contributed by atoms with Gasteiger partial charge in [0.15, 0.2) is 16.6 Å². The highest BCUT2D eigenvalue weighted by atomic mass is 79.9. The Hall–Kier alpha value is -2.75. The van der Waals surface area contributed by atoms with E-state index in [-0.39, 0.29) is 10.8 Å². The maximum Gasteiger partial charge on any atom is 0.338 e. The minimum Gasteiger partial charge on any atom is -0.478 e. The quantitative estimate of drug-likeness (QED) is 0.363. The van der Waals surface area contributed by atoms with Crippen LogP contribution in [0.3, 0.4) is 0 Å². The van der Waals surface area contributed by atoms with E-state index in [1.807, 2.05) is 19.1 Å². The topological polar surface area (TPSA) is 97.1 Å². The van der Waals surface area contributed by atoms with E-state index in [0.717, 1.165) is 5.56 Å². The van der Waals surface area contributed by atoms with Crippen LogP contribution >= 0.6 is 27.5 Å². The summed E-state index contributed by atoms with van der Waals surface area (Å²) in [5.41, 5.74) is 1.82. The number of rotatable bonds is 5. The van der Waals surface area contributed by atoms with Gasteiger partial charge in [-0.2, -0.15) is 9.97 Å². The van der Waals surface area contributed by atoms with Crippen LogP contribution in [0.5, 0.6) is 0 Å². The lowest BCUT2D eigenvalue weighted by Gasteiger charge is -2.12. The van der Waals surface area contributed by atoms with E-state index in [2.05, 4.69) is 31.2 Å². The predicted octanol–water partition coefficient (Wildman–Crippen LogP) is 5.17. The fourth-order valence-corrected chi connectivity index (χ4v) is 4.70. The third-order valence-electron chi connectivity index (χ3n) is 4.37. The summed E-state index contributed by atoms with van der Waals surface area (Å²) in [6.45, 7) is 1.95. The minimum atomic E-state index is -1.54. The zero-order valence-electron chi connectivity index (χ0n) is 15.5. The second-order valence-electron chi connectivity index (χ2n) is 6.37. The molecule has 2 N–H and O–H groups in total. The Morgan fingerprint density at radius 1 is 1.17 bits per heavy atom. The number of carbonyl (C=O) groups is 1. The molecule has 0 aliphatic rings. The van der Waals surface area contributed by atoms with Crippen molar-refractivity contribution >= 4 is 67.0 Å². The molecule has 0 bridgehead atoms. The van der Waals surface area contributed by atoms with E-state index in [4.69, 9.17) is 11.6 Å². The van der Waals surface area contributed by atoms with Crippen molar-refractivity contribution < 1.29 is 14.1 Å². The number of nitrogens with one attached hydrogen (secondary N) is 1. The molecule has 2 heterocycles. The fourth-order valence-electron chi connectivity index (χ4n) is 2.94. The first-order valence-electron chi connectivity index (χ1n) is 8.67. The van der Waals surface area contributed by atoms with Crippen molar-refractivity contribution in [2.45, 2.75) is 11.8 Å². The highest BCUT2D eigenvalue weighted by Gasteiger charge is 2.19. The Bertz CT molecular complexity index is 1310. The second kappa shape index (κ2) is 8.17. The van der Waals surface area contributed by atoms with Gasteiger partial charge in [0.2, 0.25) is 5.28 Å². The summed E-state index contributed by atoms with van der Waals surface area (Å²) in [5, 5.41) is 13.1. The molecule has 0 amide bonds. The van der Waals surface area contributed by atoms with Crippen LogP contribution in [-0.4, -0.2) is 29.2 Å². The molecule has 4 rings (SSSR count). The Labute approximate surface area is 187 Å². The molecule has 0 aliphatic carbocycles. The first kappa shape index (κ1) is 20.5. The number of aromatic carboxylic acids is 1. The number of fused-ring (bicyclic) bond motifs is 1. The normalized spacial score (nSPS) is 12.1. The van der Waals surface area contributed by atoms with E-state index in [1.54, 1.807) is 42.6 Å². The molecule has 1 unspecified atom stereocenters. The van der Waals surface area contributed by atoms with Gasteiger partial charge in [-0.15, -0.1) is 0 Å². The van der Waals surface area contributed by atoms with E-state index in [1.165, 1.54) is 3.97 Å². The molecule has 10 heteroatoms. The summed E-state index contributed by atoms with van der Waals surface area (Å²) in [5.74, 6) is -0.787. The summed E-state index contributed by atoms with van der Waals surface area (Å²) in [4.78, 5) is 20.7.